The number of amides is 1. The van der Waals surface area contributed by atoms with Crippen molar-refractivity contribution in [2.45, 2.75) is 19.8 Å². The summed E-state index contributed by atoms with van der Waals surface area (Å²) in [6.07, 6.45) is 0.778. The fraction of sp³-hybridized carbons (Fsp3) is 0.389. The van der Waals surface area contributed by atoms with E-state index in [0.717, 1.165) is 11.1 Å². The zero-order valence-corrected chi connectivity index (χ0v) is 14.0. The molecule has 2 aromatic rings. The Morgan fingerprint density at radius 1 is 1.28 bits per heavy atom. The molecule has 1 saturated heterocycles. The van der Waals surface area contributed by atoms with Crippen LogP contribution < -0.4 is 5.32 Å². The third-order valence-electron chi connectivity index (χ3n) is 4.66. The van der Waals surface area contributed by atoms with E-state index in [1.165, 1.54) is 0 Å². The number of carboxylic acids is 1. The summed E-state index contributed by atoms with van der Waals surface area (Å²) in [5.41, 5.74) is 2.07. The maximum atomic E-state index is 12.3. The van der Waals surface area contributed by atoms with E-state index in [-0.39, 0.29) is 12.5 Å². The minimum Gasteiger partial charge on any atom is -0.481 e. The van der Waals surface area contributed by atoms with E-state index in [1.54, 1.807) is 6.07 Å². The van der Waals surface area contributed by atoms with Crippen LogP contribution in [0.2, 0.25) is 0 Å². The molecule has 0 bridgehead atoms. The molecule has 0 aliphatic carbocycles. The molecular formula is C18H21N3O4. The first-order valence-corrected chi connectivity index (χ1v) is 8.22. The Kier molecular flexibility index (Phi) is 4.85. The lowest BCUT2D eigenvalue weighted by atomic mass is 9.80. The number of nitrogens with one attached hydrogen (secondary N) is 2. The van der Waals surface area contributed by atoms with E-state index in [9.17, 15) is 14.7 Å². The van der Waals surface area contributed by atoms with Crippen LogP contribution in [0.25, 0.3) is 11.3 Å². The number of aliphatic carboxylic acids is 1. The molecule has 0 saturated carbocycles. The summed E-state index contributed by atoms with van der Waals surface area (Å²) in [5, 5.41) is 19.1. The van der Waals surface area contributed by atoms with Gasteiger partial charge in [-0.2, -0.15) is 5.10 Å². The quantitative estimate of drug-likeness (QED) is 0.770. The first-order chi connectivity index (χ1) is 12.0. The molecule has 1 aromatic heterocycles. The average molecular weight is 343 g/mol. The summed E-state index contributed by atoms with van der Waals surface area (Å²) >= 11 is 0. The maximum Gasteiger partial charge on any atom is 0.311 e. The van der Waals surface area contributed by atoms with E-state index < -0.39 is 11.4 Å². The number of aromatic nitrogens is 2. The van der Waals surface area contributed by atoms with E-state index in [2.05, 4.69) is 15.5 Å². The first kappa shape index (κ1) is 17.2. The molecule has 1 fully saturated rings. The topological polar surface area (TPSA) is 104 Å². The van der Waals surface area contributed by atoms with E-state index >= 15 is 0 Å². The van der Waals surface area contributed by atoms with Crippen molar-refractivity contribution < 1.29 is 19.4 Å². The Bertz CT molecular complexity index is 761. The number of hydrogen-bond acceptors (Lipinski definition) is 4. The van der Waals surface area contributed by atoms with Crippen LogP contribution in [-0.2, 0) is 9.53 Å². The van der Waals surface area contributed by atoms with Crippen LogP contribution >= 0.6 is 0 Å². The minimum atomic E-state index is -0.965. The van der Waals surface area contributed by atoms with Crippen LogP contribution in [0, 0.1) is 12.3 Å². The monoisotopic (exact) mass is 343 g/mol. The highest BCUT2D eigenvalue weighted by molar-refractivity contribution is 5.93. The van der Waals surface area contributed by atoms with Crippen LogP contribution in [0.4, 0.5) is 0 Å². The van der Waals surface area contributed by atoms with Gasteiger partial charge >= 0.3 is 5.97 Å². The van der Waals surface area contributed by atoms with Crippen molar-refractivity contribution in [3.05, 3.63) is 41.6 Å². The van der Waals surface area contributed by atoms with E-state index in [0.29, 0.717) is 37.4 Å². The fourth-order valence-corrected chi connectivity index (χ4v) is 2.88. The van der Waals surface area contributed by atoms with Gasteiger partial charge in [-0.25, -0.2) is 0 Å². The molecule has 1 aliphatic rings. The molecular weight excluding hydrogens is 322 g/mol. The zero-order valence-electron chi connectivity index (χ0n) is 14.0. The second-order valence-electron chi connectivity index (χ2n) is 6.41. The molecule has 3 N–H and O–H groups in total. The van der Waals surface area contributed by atoms with Crippen molar-refractivity contribution in [2.75, 3.05) is 19.8 Å². The molecule has 0 spiro atoms. The summed E-state index contributed by atoms with van der Waals surface area (Å²) in [6, 6.07) is 9.50. The predicted octanol–water partition coefficient (Wildman–Crippen LogP) is 2.00. The Morgan fingerprint density at radius 3 is 2.60 bits per heavy atom. The Balaban J connectivity index is 1.67. The van der Waals surface area contributed by atoms with Crippen molar-refractivity contribution in [3.63, 3.8) is 0 Å². The molecule has 0 unspecified atom stereocenters. The molecule has 1 aromatic carbocycles. The van der Waals surface area contributed by atoms with Crippen LogP contribution in [0.15, 0.2) is 30.3 Å². The molecule has 7 heteroatoms. The van der Waals surface area contributed by atoms with Gasteiger partial charge in [0.05, 0.1) is 11.1 Å². The molecule has 3 rings (SSSR count). The van der Waals surface area contributed by atoms with Crippen LogP contribution in [0.5, 0.6) is 0 Å². The van der Waals surface area contributed by atoms with Crippen LogP contribution in [0.1, 0.15) is 28.9 Å². The van der Waals surface area contributed by atoms with Gasteiger partial charge in [0.25, 0.3) is 5.91 Å². The fourth-order valence-electron chi connectivity index (χ4n) is 2.88. The van der Waals surface area contributed by atoms with Crippen molar-refractivity contribution in [1.82, 2.24) is 15.5 Å². The van der Waals surface area contributed by atoms with Gasteiger partial charge in [-0.3, -0.25) is 14.7 Å². The largest absolute Gasteiger partial charge is 0.481 e. The van der Waals surface area contributed by atoms with Crippen molar-refractivity contribution >= 4 is 11.9 Å². The third kappa shape index (κ3) is 3.71. The van der Waals surface area contributed by atoms with Crippen LogP contribution in [0.3, 0.4) is 0 Å². The molecule has 0 radical (unpaired) electrons. The van der Waals surface area contributed by atoms with Gasteiger partial charge in [-0.1, -0.05) is 29.8 Å². The molecule has 132 valence electrons. The maximum absolute atomic E-state index is 12.3. The smallest absolute Gasteiger partial charge is 0.311 e. The Morgan fingerprint density at radius 2 is 1.96 bits per heavy atom. The number of aryl methyl sites for hydroxylation is 1. The Hall–Kier alpha value is -2.67. The number of nitrogens with zero attached hydrogens (tertiary/aromatic N) is 1. The van der Waals surface area contributed by atoms with E-state index in [4.69, 9.17) is 4.74 Å². The summed E-state index contributed by atoms with van der Waals surface area (Å²) in [5.74, 6) is -1.26. The Labute approximate surface area is 145 Å². The van der Waals surface area contributed by atoms with Crippen LogP contribution in [-0.4, -0.2) is 46.9 Å². The standard InChI is InChI=1S/C18H21N3O4/c1-12-2-4-13(5-3-12)14-10-15(21-20-14)16(22)19-11-18(17(23)24)6-8-25-9-7-18/h2-5,10H,6-9,11H2,1H3,(H,19,22)(H,20,21)(H,23,24). The molecule has 2 heterocycles. The lowest BCUT2D eigenvalue weighted by Gasteiger charge is -2.33. The lowest BCUT2D eigenvalue weighted by Crippen LogP contribution is -2.46. The molecule has 1 aliphatic heterocycles. The highest BCUT2D eigenvalue weighted by atomic mass is 16.5. The number of H-pyrrole nitrogens is 1. The average Bonchev–Trinajstić information content (AvgIpc) is 3.11. The summed E-state index contributed by atoms with van der Waals surface area (Å²) in [7, 11) is 0. The van der Waals surface area contributed by atoms with Gasteiger partial charge < -0.3 is 15.2 Å². The van der Waals surface area contributed by atoms with Gasteiger partial charge in [0, 0.05) is 25.3 Å². The summed E-state index contributed by atoms with van der Waals surface area (Å²) in [6.45, 7) is 2.86. The normalized spacial score (nSPS) is 16.4. The molecule has 0 atom stereocenters. The molecule has 7 nitrogen and oxygen atoms in total. The number of ether oxygens (including phenoxy) is 1. The van der Waals surface area contributed by atoms with Gasteiger partial charge in [-0.15, -0.1) is 0 Å². The second-order valence-corrected chi connectivity index (χ2v) is 6.41. The molecule has 1 amide bonds. The summed E-state index contributed by atoms with van der Waals surface area (Å²) in [4.78, 5) is 24.0. The highest BCUT2D eigenvalue weighted by Gasteiger charge is 2.40. The number of aromatic amines is 1. The summed E-state index contributed by atoms with van der Waals surface area (Å²) < 4.78 is 5.23. The van der Waals surface area contributed by atoms with Crippen molar-refractivity contribution in [2.24, 2.45) is 5.41 Å². The minimum absolute atomic E-state index is 0.0728. The predicted molar refractivity (Wildman–Crippen MR) is 91.2 cm³/mol. The second kappa shape index (κ2) is 7.06. The number of carbonyl (C=O) groups excluding carboxylic acids is 1. The van der Waals surface area contributed by atoms with Gasteiger partial charge in [-0.05, 0) is 25.8 Å². The lowest BCUT2D eigenvalue weighted by molar-refractivity contribution is -0.154. The first-order valence-electron chi connectivity index (χ1n) is 8.22. The SMILES string of the molecule is Cc1ccc(-c2cc(C(=O)NCC3(C(=O)O)CCOCC3)[nH]n2)cc1. The highest BCUT2D eigenvalue weighted by Crippen LogP contribution is 2.30. The third-order valence-corrected chi connectivity index (χ3v) is 4.66. The number of benzene rings is 1. The van der Waals surface area contributed by atoms with E-state index in [1.807, 2.05) is 31.2 Å². The van der Waals surface area contributed by atoms with Crippen molar-refractivity contribution in [3.8, 4) is 11.3 Å². The zero-order chi connectivity index (χ0) is 17.9. The number of rotatable bonds is 5. The number of carbonyl (C=O) groups is 2. The number of carboxylic acid groups (broad SMARTS) is 1. The van der Waals surface area contributed by atoms with Gasteiger partial charge in [0.2, 0.25) is 0 Å². The van der Waals surface area contributed by atoms with Gasteiger partial charge in [0.1, 0.15) is 5.69 Å². The number of hydrogen-bond donors (Lipinski definition) is 3. The molecule has 25 heavy (non-hydrogen) atoms. The van der Waals surface area contributed by atoms with Gasteiger partial charge in [0.15, 0.2) is 0 Å². The van der Waals surface area contributed by atoms with Crippen molar-refractivity contribution in [1.29, 1.82) is 0 Å².